The van der Waals surface area contributed by atoms with Crippen molar-refractivity contribution in [1.82, 2.24) is 5.32 Å². The number of para-hydroxylation sites is 1. The molecule has 1 aliphatic heterocycles. The number of benzene rings is 2. The lowest BCUT2D eigenvalue weighted by molar-refractivity contribution is 0.0977. The molecule has 1 heterocycles. The highest BCUT2D eigenvalue weighted by Gasteiger charge is 2.19. The Labute approximate surface area is 172 Å². The molecule has 0 aromatic heterocycles. The highest BCUT2D eigenvalue weighted by atomic mass is 35.5. The summed E-state index contributed by atoms with van der Waals surface area (Å²) in [6.07, 6.45) is 2.26. The lowest BCUT2D eigenvalue weighted by Gasteiger charge is -2.23. The van der Waals surface area contributed by atoms with Crippen LogP contribution in [0.3, 0.4) is 0 Å². The second-order valence-corrected chi connectivity index (χ2v) is 7.50. The Bertz CT molecular complexity index is 854. The number of nitrogens with one attached hydrogen (secondary N) is 2. The van der Waals surface area contributed by atoms with Crippen molar-refractivity contribution < 1.29 is 4.79 Å². The van der Waals surface area contributed by atoms with Gasteiger partial charge in [-0.3, -0.25) is 10.1 Å². The average molecular weight is 429 g/mol. The van der Waals surface area contributed by atoms with E-state index in [4.69, 9.17) is 47.0 Å². The number of nitrogens with zero attached hydrogens (tertiary/aromatic N) is 1. The van der Waals surface area contributed by atoms with E-state index in [9.17, 15) is 4.79 Å². The Morgan fingerprint density at radius 2 is 1.73 bits per heavy atom. The summed E-state index contributed by atoms with van der Waals surface area (Å²) in [5.74, 6) is -0.370. The van der Waals surface area contributed by atoms with Crippen LogP contribution in [-0.2, 0) is 0 Å². The lowest BCUT2D eigenvalue weighted by atomic mass is 10.2. The van der Waals surface area contributed by atoms with Gasteiger partial charge in [-0.05, 0) is 55.4 Å². The van der Waals surface area contributed by atoms with Crippen molar-refractivity contribution >= 4 is 69.4 Å². The first-order valence-corrected chi connectivity index (χ1v) is 9.61. The molecule has 2 aromatic rings. The minimum atomic E-state index is -0.370. The topological polar surface area (TPSA) is 44.4 Å². The number of amides is 1. The summed E-state index contributed by atoms with van der Waals surface area (Å²) in [7, 11) is 0. The van der Waals surface area contributed by atoms with E-state index in [2.05, 4.69) is 15.5 Å². The molecular weight excluding hydrogens is 413 g/mol. The largest absolute Gasteiger partial charge is 0.369 e. The quantitative estimate of drug-likeness (QED) is 0.645. The molecule has 0 saturated carbocycles. The summed E-state index contributed by atoms with van der Waals surface area (Å²) >= 11 is 23.5. The van der Waals surface area contributed by atoms with E-state index in [0.717, 1.165) is 37.3 Å². The van der Waals surface area contributed by atoms with E-state index in [1.807, 2.05) is 18.2 Å². The zero-order chi connectivity index (χ0) is 18.7. The predicted molar refractivity (Wildman–Crippen MR) is 113 cm³/mol. The first-order chi connectivity index (χ1) is 12.5. The molecule has 0 atom stereocenters. The number of carbonyl (C=O) groups excluding carboxylic acids is 1. The maximum Gasteiger partial charge on any atom is 0.257 e. The molecule has 0 aliphatic carbocycles. The van der Waals surface area contributed by atoms with E-state index in [0.29, 0.717) is 20.6 Å². The standard InChI is InChI=1S/C18H16Cl3N3OS/c19-12-7-6-11(10-14(12)21)17(25)23-18(26)22-15-5-3-4-13(20)16(15)24-8-1-2-9-24/h3-7,10H,1-2,8-9H2,(H2,22,23,25,26). The average Bonchev–Trinajstić information content (AvgIpc) is 3.11. The van der Waals surface area contributed by atoms with Crippen LogP contribution < -0.4 is 15.5 Å². The highest BCUT2D eigenvalue weighted by Crippen LogP contribution is 2.35. The summed E-state index contributed by atoms with van der Waals surface area (Å²) in [4.78, 5) is 14.6. The molecule has 0 spiro atoms. The fourth-order valence-corrected chi connectivity index (χ4v) is 3.64. The third kappa shape index (κ3) is 4.41. The SMILES string of the molecule is O=C(NC(=S)Nc1cccc(Cl)c1N1CCCC1)c1ccc(Cl)c(Cl)c1. The molecule has 0 unspecified atom stereocenters. The van der Waals surface area contributed by atoms with Crippen LogP contribution in [0.4, 0.5) is 11.4 Å². The van der Waals surface area contributed by atoms with Gasteiger partial charge < -0.3 is 10.2 Å². The molecule has 1 aliphatic rings. The van der Waals surface area contributed by atoms with Gasteiger partial charge in [-0.2, -0.15) is 0 Å². The van der Waals surface area contributed by atoms with E-state index in [-0.39, 0.29) is 11.0 Å². The van der Waals surface area contributed by atoms with Gasteiger partial charge in [0.1, 0.15) is 0 Å². The van der Waals surface area contributed by atoms with Gasteiger partial charge in [-0.25, -0.2) is 0 Å². The molecule has 3 rings (SSSR count). The molecule has 8 heteroatoms. The van der Waals surface area contributed by atoms with Gasteiger partial charge in [0.05, 0.1) is 26.4 Å². The van der Waals surface area contributed by atoms with E-state index >= 15 is 0 Å². The van der Waals surface area contributed by atoms with Crippen LogP contribution in [0.25, 0.3) is 0 Å². The molecule has 0 radical (unpaired) electrons. The maximum atomic E-state index is 12.3. The van der Waals surface area contributed by atoms with Gasteiger partial charge in [-0.15, -0.1) is 0 Å². The molecule has 0 bridgehead atoms. The van der Waals surface area contributed by atoms with Crippen molar-refractivity contribution in [2.45, 2.75) is 12.8 Å². The zero-order valence-electron chi connectivity index (χ0n) is 13.7. The molecule has 2 N–H and O–H groups in total. The number of hydrogen-bond donors (Lipinski definition) is 2. The molecule has 1 saturated heterocycles. The Morgan fingerprint density at radius 3 is 2.42 bits per heavy atom. The number of thiocarbonyl (C=S) groups is 1. The number of anilines is 2. The van der Waals surface area contributed by atoms with Crippen LogP contribution in [0.2, 0.25) is 15.1 Å². The third-order valence-corrected chi connectivity index (χ3v) is 5.31. The summed E-state index contributed by atoms with van der Waals surface area (Å²) in [6, 6.07) is 10.2. The van der Waals surface area contributed by atoms with E-state index in [1.54, 1.807) is 12.1 Å². The maximum absolute atomic E-state index is 12.3. The summed E-state index contributed by atoms with van der Waals surface area (Å²) < 4.78 is 0. The second-order valence-electron chi connectivity index (χ2n) is 5.87. The predicted octanol–water partition coefficient (Wildman–Crippen LogP) is 5.37. The highest BCUT2D eigenvalue weighted by molar-refractivity contribution is 7.80. The summed E-state index contributed by atoms with van der Waals surface area (Å²) in [5.41, 5.74) is 2.03. The lowest BCUT2D eigenvalue weighted by Crippen LogP contribution is -2.34. The van der Waals surface area contributed by atoms with Crippen LogP contribution in [0.15, 0.2) is 36.4 Å². The van der Waals surface area contributed by atoms with Crippen molar-refractivity contribution in [3.05, 3.63) is 57.0 Å². The minimum absolute atomic E-state index is 0.184. The van der Waals surface area contributed by atoms with Crippen molar-refractivity contribution in [3.63, 3.8) is 0 Å². The Hall–Kier alpha value is -1.53. The summed E-state index contributed by atoms with van der Waals surface area (Å²) in [5, 5.41) is 7.25. The third-order valence-electron chi connectivity index (χ3n) is 4.07. The Balaban J connectivity index is 1.73. The number of carbonyl (C=O) groups is 1. The number of hydrogen-bond acceptors (Lipinski definition) is 3. The molecule has 2 aromatic carbocycles. The van der Waals surface area contributed by atoms with Crippen molar-refractivity contribution in [1.29, 1.82) is 0 Å². The molecule has 1 amide bonds. The minimum Gasteiger partial charge on any atom is -0.369 e. The van der Waals surface area contributed by atoms with Crippen LogP contribution in [-0.4, -0.2) is 24.1 Å². The number of halogens is 3. The zero-order valence-corrected chi connectivity index (χ0v) is 16.8. The van der Waals surface area contributed by atoms with Crippen LogP contribution in [0.5, 0.6) is 0 Å². The van der Waals surface area contributed by atoms with Crippen LogP contribution >= 0.6 is 47.0 Å². The molecule has 136 valence electrons. The number of rotatable bonds is 3. The smallest absolute Gasteiger partial charge is 0.257 e. The summed E-state index contributed by atoms with van der Waals surface area (Å²) in [6.45, 7) is 1.89. The second kappa shape index (κ2) is 8.44. The van der Waals surface area contributed by atoms with Gasteiger partial charge in [0, 0.05) is 18.7 Å². The normalized spacial score (nSPS) is 13.6. The first-order valence-electron chi connectivity index (χ1n) is 8.06. The van der Waals surface area contributed by atoms with E-state index < -0.39 is 0 Å². The molecule has 1 fully saturated rings. The van der Waals surface area contributed by atoms with Gasteiger partial charge in [0.2, 0.25) is 0 Å². The van der Waals surface area contributed by atoms with Gasteiger partial charge in [-0.1, -0.05) is 40.9 Å². The molecule has 4 nitrogen and oxygen atoms in total. The van der Waals surface area contributed by atoms with Crippen LogP contribution in [0.1, 0.15) is 23.2 Å². The Kier molecular flexibility index (Phi) is 6.24. The van der Waals surface area contributed by atoms with Crippen molar-refractivity contribution in [2.24, 2.45) is 0 Å². The van der Waals surface area contributed by atoms with Crippen molar-refractivity contribution in [3.8, 4) is 0 Å². The van der Waals surface area contributed by atoms with Gasteiger partial charge >= 0.3 is 0 Å². The monoisotopic (exact) mass is 427 g/mol. The van der Waals surface area contributed by atoms with E-state index in [1.165, 1.54) is 6.07 Å². The fraction of sp³-hybridized carbons (Fsp3) is 0.222. The Morgan fingerprint density at radius 1 is 1.00 bits per heavy atom. The fourth-order valence-electron chi connectivity index (χ4n) is 2.84. The van der Waals surface area contributed by atoms with Crippen molar-refractivity contribution in [2.75, 3.05) is 23.3 Å². The van der Waals surface area contributed by atoms with Gasteiger partial charge in [0.25, 0.3) is 5.91 Å². The molecular formula is C18H16Cl3N3OS. The van der Waals surface area contributed by atoms with Crippen LogP contribution in [0, 0.1) is 0 Å². The molecule has 26 heavy (non-hydrogen) atoms. The van der Waals surface area contributed by atoms with Gasteiger partial charge in [0.15, 0.2) is 5.11 Å². The first kappa shape index (κ1) is 19.2.